The third kappa shape index (κ3) is 7.69. The highest BCUT2D eigenvalue weighted by atomic mass is 16.2. The summed E-state index contributed by atoms with van der Waals surface area (Å²) < 4.78 is 0. The Morgan fingerprint density at radius 2 is 1.51 bits per heavy atom. The van der Waals surface area contributed by atoms with Gasteiger partial charge in [-0.1, -0.05) is 72.8 Å². The van der Waals surface area contributed by atoms with Crippen LogP contribution in [0.25, 0.3) is 11.1 Å². The van der Waals surface area contributed by atoms with Gasteiger partial charge in [0.2, 0.25) is 5.91 Å². The highest BCUT2D eigenvalue weighted by molar-refractivity contribution is 5.95. The van der Waals surface area contributed by atoms with E-state index in [4.69, 9.17) is 5.73 Å². The van der Waals surface area contributed by atoms with E-state index in [1.165, 1.54) is 25.9 Å². The molecule has 1 aliphatic rings. The van der Waals surface area contributed by atoms with E-state index in [0.717, 1.165) is 35.3 Å². The molecule has 0 spiro atoms. The van der Waals surface area contributed by atoms with E-state index < -0.39 is 6.04 Å². The van der Waals surface area contributed by atoms with Gasteiger partial charge in [0.25, 0.3) is 0 Å². The lowest BCUT2D eigenvalue weighted by Crippen LogP contribution is -2.38. The molecule has 0 aromatic heterocycles. The lowest BCUT2D eigenvalue weighted by atomic mass is 10.1. The number of hydrogen-bond acceptors (Lipinski definition) is 3. The van der Waals surface area contributed by atoms with Crippen molar-refractivity contribution < 1.29 is 4.79 Å². The molecule has 0 saturated carbocycles. The van der Waals surface area contributed by atoms with Gasteiger partial charge in [0.15, 0.2) is 5.96 Å². The zero-order valence-electron chi connectivity index (χ0n) is 20.2. The van der Waals surface area contributed by atoms with E-state index in [-0.39, 0.29) is 11.9 Å². The van der Waals surface area contributed by atoms with Crippen molar-refractivity contribution in [2.45, 2.75) is 31.7 Å². The molecule has 4 rings (SSSR count). The molecule has 35 heavy (non-hydrogen) atoms. The molecule has 1 amide bonds. The van der Waals surface area contributed by atoms with E-state index in [1.54, 1.807) is 0 Å². The highest BCUT2D eigenvalue weighted by Gasteiger charge is 2.19. The number of guanidine groups is 1. The fourth-order valence-electron chi connectivity index (χ4n) is 4.40. The summed E-state index contributed by atoms with van der Waals surface area (Å²) in [6.07, 6.45) is 3.99. The molecular formula is C29H35N5O. The van der Waals surface area contributed by atoms with E-state index in [0.29, 0.717) is 13.0 Å². The highest BCUT2D eigenvalue weighted by Crippen LogP contribution is 2.21. The van der Waals surface area contributed by atoms with Crippen molar-refractivity contribution in [2.24, 2.45) is 10.7 Å². The van der Waals surface area contributed by atoms with Gasteiger partial charge in [-0.3, -0.25) is 4.79 Å². The van der Waals surface area contributed by atoms with Crippen LogP contribution < -0.4 is 16.4 Å². The Morgan fingerprint density at radius 3 is 2.20 bits per heavy atom. The molecule has 1 saturated heterocycles. The van der Waals surface area contributed by atoms with Crippen molar-refractivity contribution in [3.63, 3.8) is 0 Å². The summed E-state index contributed by atoms with van der Waals surface area (Å²) in [6.45, 7) is 4.01. The Bertz CT molecular complexity index is 1080. The predicted molar refractivity (Wildman–Crippen MR) is 144 cm³/mol. The van der Waals surface area contributed by atoms with E-state index in [1.807, 2.05) is 72.8 Å². The first kappa shape index (κ1) is 24.5. The summed E-state index contributed by atoms with van der Waals surface area (Å²) in [7, 11) is 0. The van der Waals surface area contributed by atoms with Crippen LogP contribution in [0, 0.1) is 0 Å². The molecular weight excluding hydrogens is 434 g/mol. The van der Waals surface area contributed by atoms with Crippen LogP contribution in [0.1, 0.15) is 24.8 Å². The molecule has 0 aliphatic carbocycles. The topological polar surface area (TPSA) is 82.7 Å². The third-order valence-corrected chi connectivity index (χ3v) is 6.28. The van der Waals surface area contributed by atoms with Crippen LogP contribution in [0.5, 0.6) is 0 Å². The van der Waals surface area contributed by atoms with E-state index >= 15 is 0 Å². The molecule has 3 aromatic rings. The molecule has 0 bridgehead atoms. The zero-order valence-corrected chi connectivity index (χ0v) is 20.2. The average molecular weight is 470 g/mol. The third-order valence-electron chi connectivity index (χ3n) is 6.28. The molecule has 1 heterocycles. The minimum absolute atomic E-state index is 0.0977. The van der Waals surface area contributed by atoms with E-state index in [2.05, 4.69) is 32.7 Å². The molecule has 6 nitrogen and oxygen atoms in total. The number of rotatable bonds is 10. The number of benzene rings is 3. The lowest BCUT2D eigenvalue weighted by Gasteiger charge is -2.17. The van der Waals surface area contributed by atoms with Gasteiger partial charge in [0.05, 0.1) is 0 Å². The molecule has 0 unspecified atom stereocenters. The van der Waals surface area contributed by atoms with Crippen LogP contribution in [0.2, 0.25) is 0 Å². The molecule has 4 N–H and O–H groups in total. The fraction of sp³-hybridized carbons (Fsp3) is 0.310. The monoisotopic (exact) mass is 469 g/mol. The van der Waals surface area contributed by atoms with E-state index in [9.17, 15) is 4.79 Å². The molecule has 1 atom stereocenters. The Hall–Kier alpha value is -3.64. The molecule has 6 heteroatoms. The van der Waals surface area contributed by atoms with Gasteiger partial charge in [0.1, 0.15) is 6.04 Å². The SMILES string of the molecule is NC(=N[C@@H](Cc1ccccc1)C(=O)NCCCN1CCCC1)Nc1ccc(-c2ccccc2)cc1. The van der Waals surface area contributed by atoms with Gasteiger partial charge in [-0.2, -0.15) is 0 Å². The smallest absolute Gasteiger partial charge is 0.245 e. The van der Waals surface area contributed by atoms with Gasteiger partial charge in [0, 0.05) is 18.7 Å². The second-order valence-corrected chi connectivity index (χ2v) is 8.98. The Labute approximate surface area is 208 Å². The standard InChI is InChI=1S/C29H35N5O/c30-29(32-26-16-14-25(15-17-26)24-12-5-2-6-13-24)33-27(22-23-10-3-1-4-11-23)28(35)31-18-9-21-34-19-7-8-20-34/h1-6,10-17,27H,7-9,18-22H2,(H,31,35)(H3,30,32,33)/t27-/m0/s1. The fourth-order valence-corrected chi connectivity index (χ4v) is 4.40. The van der Waals surface area contributed by atoms with Crippen molar-refractivity contribution in [3.05, 3.63) is 90.5 Å². The number of nitrogens with two attached hydrogens (primary N) is 1. The van der Waals surface area contributed by atoms with Gasteiger partial charge < -0.3 is 21.3 Å². The molecule has 3 aromatic carbocycles. The number of aliphatic imine (C=N–C) groups is 1. The summed E-state index contributed by atoms with van der Waals surface area (Å²) >= 11 is 0. The second-order valence-electron chi connectivity index (χ2n) is 8.98. The molecule has 1 fully saturated rings. The van der Waals surface area contributed by atoms with Crippen molar-refractivity contribution >= 4 is 17.6 Å². The second kappa shape index (κ2) is 12.7. The number of nitrogens with one attached hydrogen (secondary N) is 2. The Balaban J connectivity index is 1.37. The number of hydrogen-bond donors (Lipinski definition) is 3. The van der Waals surface area contributed by atoms with Crippen molar-refractivity contribution in [1.82, 2.24) is 10.2 Å². The Kier molecular flexibility index (Phi) is 8.90. The predicted octanol–water partition coefficient (Wildman–Crippen LogP) is 4.29. The number of anilines is 1. The number of likely N-dealkylation sites (tertiary alicyclic amines) is 1. The summed E-state index contributed by atoms with van der Waals surface area (Å²) in [5, 5.41) is 6.20. The molecule has 1 aliphatic heterocycles. The van der Waals surface area contributed by atoms with Gasteiger partial charge in [-0.25, -0.2) is 4.99 Å². The van der Waals surface area contributed by atoms with Gasteiger partial charge >= 0.3 is 0 Å². The van der Waals surface area contributed by atoms with Crippen molar-refractivity contribution in [2.75, 3.05) is 31.5 Å². The first-order valence-electron chi connectivity index (χ1n) is 12.5. The first-order chi connectivity index (χ1) is 17.2. The van der Waals surface area contributed by atoms with Crippen LogP contribution >= 0.6 is 0 Å². The maximum Gasteiger partial charge on any atom is 0.245 e. The summed E-state index contributed by atoms with van der Waals surface area (Å²) in [6, 6.07) is 27.6. The van der Waals surface area contributed by atoms with Crippen LogP contribution in [-0.4, -0.2) is 49.0 Å². The average Bonchev–Trinajstić information content (AvgIpc) is 3.41. The van der Waals surface area contributed by atoms with Crippen LogP contribution in [-0.2, 0) is 11.2 Å². The quantitative estimate of drug-likeness (QED) is 0.235. The minimum Gasteiger partial charge on any atom is -0.370 e. The summed E-state index contributed by atoms with van der Waals surface area (Å²) in [4.78, 5) is 20.0. The maximum absolute atomic E-state index is 13.0. The summed E-state index contributed by atoms with van der Waals surface area (Å²) in [5.74, 6) is 0.130. The number of amides is 1. The van der Waals surface area contributed by atoms with Gasteiger partial charge in [-0.15, -0.1) is 0 Å². The Morgan fingerprint density at radius 1 is 0.886 bits per heavy atom. The van der Waals surface area contributed by atoms with Crippen molar-refractivity contribution in [1.29, 1.82) is 0 Å². The first-order valence-corrected chi connectivity index (χ1v) is 12.5. The number of carbonyl (C=O) groups excluding carboxylic acids is 1. The molecule has 182 valence electrons. The lowest BCUT2D eigenvalue weighted by molar-refractivity contribution is -0.122. The minimum atomic E-state index is -0.597. The summed E-state index contributed by atoms with van der Waals surface area (Å²) in [5.41, 5.74) is 10.4. The van der Waals surface area contributed by atoms with Crippen LogP contribution in [0.15, 0.2) is 89.9 Å². The normalized spacial score (nSPS) is 15.0. The van der Waals surface area contributed by atoms with Crippen LogP contribution in [0.4, 0.5) is 5.69 Å². The van der Waals surface area contributed by atoms with Gasteiger partial charge in [-0.05, 0) is 67.7 Å². The largest absolute Gasteiger partial charge is 0.370 e. The number of carbonyl (C=O) groups is 1. The zero-order chi connectivity index (χ0) is 24.3. The maximum atomic E-state index is 13.0. The number of nitrogens with zero attached hydrogens (tertiary/aromatic N) is 2. The molecule has 0 radical (unpaired) electrons. The van der Waals surface area contributed by atoms with Crippen LogP contribution in [0.3, 0.4) is 0 Å². The van der Waals surface area contributed by atoms with Crippen molar-refractivity contribution in [3.8, 4) is 11.1 Å².